The summed E-state index contributed by atoms with van der Waals surface area (Å²) in [6.07, 6.45) is 1.04. The van der Waals surface area contributed by atoms with E-state index in [4.69, 9.17) is 4.74 Å². The summed E-state index contributed by atoms with van der Waals surface area (Å²) in [5.41, 5.74) is 1.21. The maximum absolute atomic E-state index is 13.1. The number of aliphatic hydroxyl groups is 1. The summed E-state index contributed by atoms with van der Waals surface area (Å²) in [5, 5.41) is 13.7. The molecule has 0 aliphatic rings. The molecule has 0 saturated carbocycles. The first-order valence-corrected chi connectivity index (χ1v) is 5.65. The van der Waals surface area contributed by atoms with Gasteiger partial charge >= 0.3 is 0 Å². The number of rotatable bonds is 4. The lowest BCUT2D eigenvalue weighted by Gasteiger charge is -2.12. The van der Waals surface area contributed by atoms with Crippen LogP contribution in [0, 0.1) is 5.82 Å². The molecule has 2 rings (SSSR count). The Morgan fingerprint density at radius 1 is 1.44 bits per heavy atom. The molecule has 1 aromatic carbocycles. The Morgan fingerprint density at radius 3 is 2.83 bits per heavy atom. The predicted octanol–water partition coefficient (Wildman–Crippen LogP) is 2.19. The van der Waals surface area contributed by atoms with Gasteiger partial charge in [-0.05, 0) is 31.2 Å². The van der Waals surface area contributed by atoms with Crippen LogP contribution < -0.4 is 4.74 Å². The van der Waals surface area contributed by atoms with E-state index in [-0.39, 0.29) is 6.61 Å². The lowest BCUT2D eigenvalue weighted by molar-refractivity contribution is 0.189. The van der Waals surface area contributed by atoms with Crippen molar-refractivity contribution in [1.82, 2.24) is 9.78 Å². The van der Waals surface area contributed by atoms with E-state index in [1.165, 1.54) is 18.2 Å². The molecule has 1 N–H and O–H groups in total. The average molecular weight is 250 g/mol. The van der Waals surface area contributed by atoms with Gasteiger partial charge in [-0.1, -0.05) is 0 Å². The second-order valence-corrected chi connectivity index (χ2v) is 4.13. The van der Waals surface area contributed by atoms with E-state index in [1.807, 2.05) is 19.3 Å². The largest absolute Gasteiger partial charge is 0.487 e. The molecule has 0 fully saturated rings. The second kappa shape index (κ2) is 5.18. The molecular formula is C13H15FN2O2. The lowest BCUT2D eigenvalue weighted by Crippen LogP contribution is -2.02. The maximum Gasteiger partial charge on any atom is 0.132 e. The van der Waals surface area contributed by atoms with Crippen LogP contribution in [-0.2, 0) is 13.7 Å². The minimum Gasteiger partial charge on any atom is -0.487 e. The van der Waals surface area contributed by atoms with Crippen molar-refractivity contribution in [2.24, 2.45) is 7.05 Å². The molecule has 0 saturated heterocycles. The highest BCUT2D eigenvalue weighted by molar-refractivity contribution is 5.35. The average Bonchev–Trinajstić information content (AvgIpc) is 2.73. The van der Waals surface area contributed by atoms with E-state index in [0.29, 0.717) is 11.3 Å². The zero-order chi connectivity index (χ0) is 13.1. The fourth-order valence-electron chi connectivity index (χ4n) is 1.67. The van der Waals surface area contributed by atoms with Crippen LogP contribution in [0.1, 0.15) is 24.3 Å². The highest BCUT2D eigenvalue weighted by Crippen LogP contribution is 2.26. The predicted molar refractivity (Wildman–Crippen MR) is 64.6 cm³/mol. The third kappa shape index (κ3) is 2.87. The fourth-order valence-corrected chi connectivity index (χ4v) is 1.67. The Hall–Kier alpha value is -1.88. The first-order valence-electron chi connectivity index (χ1n) is 5.65. The topological polar surface area (TPSA) is 47.3 Å². The molecule has 4 nitrogen and oxygen atoms in total. The van der Waals surface area contributed by atoms with Gasteiger partial charge in [0.1, 0.15) is 18.2 Å². The van der Waals surface area contributed by atoms with E-state index in [0.717, 1.165) is 5.69 Å². The number of hydrogen-bond donors (Lipinski definition) is 1. The van der Waals surface area contributed by atoms with Gasteiger partial charge in [-0.2, -0.15) is 5.10 Å². The zero-order valence-corrected chi connectivity index (χ0v) is 10.3. The van der Waals surface area contributed by atoms with Crippen LogP contribution >= 0.6 is 0 Å². The normalized spacial score (nSPS) is 12.4. The van der Waals surface area contributed by atoms with Gasteiger partial charge in [-0.3, -0.25) is 4.68 Å². The van der Waals surface area contributed by atoms with E-state index >= 15 is 0 Å². The molecule has 0 aliphatic carbocycles. The summed E-state index contributed by atoms with van der Waals surface area (Å²) in [6, 6.07) is 5.93. The van der Waals surface area contributed by atoms with Crippen LogP contribution in [0.3, 0.4) is 0 Å². The Labute approximate surface area is 105 Å². The van der Waals surface area contributed by atoms with Crippen molar-refractivity contribution in [3.8, 4) is 5.75 Å². The number of aryl methyl sites for hydroxylation is 1. The molecule has 1 atom stereocenters. The molecule has 1 heterocycles. The van der Waals surface area contributed by atoms with Crippen molar-refractivity contribution in [2.75, 3.05) is 0 Å². The summed E-state index contributed by atoms with van der Waals surface area (Å²) in [7, 11) is 1.82. The van der Waals surface area contributed by atoms with Crippen LogP contribution in [0.2, 0.25) is 0 Å². The number of halogens is 1. The summed E-state index contributed by atoms with van der Waals surface area (Å²) >= 11 is 0. The van der Waals surface area contributed by atoms with Crippen molar-refractivity contribution < 1.29 is 14.2 Å². The van der Waals surface area contributed by atoms with Gasteiger partial charge in [0.05, 0.1) is 11.8 Å². The van der Waals surface area contributed by atoms with E-state index in [1.54, 1.807) is 11.6 Å². The van der Waals surface area contributed by atoms with Gasteiger partial charge in [-0.15, -0.1) is 0 Å². The number of benzene rings is 1. The van der Waals surface area contributed by atoms with Crippen molar-refractivity contribution in [1.29, 1.82) is 0 Å². The van der Waals surface area contributed by atoms with Crippen LogP contribution in [0.15, 0.2) is 30.5 Å². The zero-order valence-electron chi connectivity index (χ0n) is 10.3. The molecule has 18 heavy (non-hydrogen) atoms. The summed E-state index contributed by atoms with van der Waals surface area (Å²) in [5.74, 6) is 0.0770. The number of nitrogens with zero attached hydrogens (tertiary/aromatic N) is 2. The summed E-state index contributed by atoms with van der Waals surface area (Å²) in [4.78, 5) is 0. The smallest absolute Gasteiger partial charge is 0.132 e. The van der Waals surface area contributed by atoms with Gasteiger partial charge in [0.25, 0.3) is 0 Å². The van der Waals surface area contributed by atoms with Crippen LogP contribution in [0.5, 0.6) is 5.75 Å². The standard InChI is InChI=1S/C13H15FN2O2/c1-9(17)12-7-10(14)3-4-13(12)18-8-11-5-6-16(2)15-11/h3-7,9,17H,8H2,1-2H3/t9-/m0/s1. The summed E-state index contributed by atoms with van der Waals surface area (Å²) < 4.78 is 20.3. The van der Waals surface area contributed by atoms with E-state index < -0.39 is 11.9 Å². The third-order valence-electron chi connectivity index (χ3n) is 2.57. The second-order valence-electron chi connectivity index (χ2n) is 4.13. The first kappa shape index (κ1) is 12.6. The molecule has 0 radical (unpaired) electrons. The SMILES string of the molecule is C[C@H](O)c1cc(F)ccc1OCc1ccn(C)n1. The third-order valence-corrected chi connectivity index (χ3v) is 2.57. The lowest BCUT2D eigenvalue weighted by atomic mass is 10.1. The Balaban J connectivity index is 2.13. The van der Waals surface area contributed by atoms with Crippen molar-refractivity contribution >= 4 is 0 Å². The number of aliphatic hydroxyl groups excluding tert-OH is 1. The molecule has 2 aromatic rings. The molecule has 1 aromatic heterocycles. The summed E-state index contributed by atoms with van der Waals surface area (Å²) in [6.45, 7) is 1.86. The van der Waals surface area contributed by atoms with Crippen molar-refractivity contribution in [2.45, 2.75) is 19.6 Å². The van der Waals surface area contributed by atoms with E-state index in [9.17, 15) is 9.50 Å². The Kier molecular flexibility index (Phi) is 3.62. The minimum absolute atomic E-state index is 0.284. The van der Waals surface area contributed by atoms with Gasteiger partial charge in [-0.25, -0.2) is 4.39 Å². The molecule has 96 valence electrons. The van der Waals surface area contributed by atoms with Crippen LogP contribution in [0.25, 0.3) is 0 Å². The maximum atomic E-state index is 13.1. The highest BCUT2D eigenvalue weighted by atomic mass is 19.1. The molecule has 0 spiro atoms. The number of ether oxygens (including phenoxy) is 1. The number of hydrogen-bond acceptors (Lipinski definition) is 3. The molecule has 0 aliphatic heterocycles. The molecule has 0 amide bonds. The molecule has 0 bridgehead atoms. The fraction of sp³-hybridized carbons (Fsp3) is 0.308. The van der Waals surface area contributed by atoms with Crippen molar-refractivity contribution in [3.63, 3.8) is 0 Å². The first-order chi connectivity index (χ1) is 8.56. The highest BCUT2D eigenvalue weighted by Gasteiger charge is 2.11. The molecule has 5 heteroatoms. The Morgan fingerprint density at radius 2 is 2.22 bits per heavy atom. The van der Waals surface area contributed by atoms with Crippen molar-refractivity contribution in [3.05, 3.63) is 47.5 Å². The van der Waals surface area contributed by atoms with Gasteiger partial charge in [0.2, 0.25) is 0 Å². The van der Waals surface area contributed by atoms with Crippen LogP contribution in [0.4, 0.5) is 4.39 Å². The monoisotopic (exact) mass is 250 g/mol. The minimum atomic E-state index is -0.778. The Bertz CT molecular complexity index is 538. The molecular weight excluding hydrogens is 235 g/mol. The molecule has 0 unspecified atom stereocenters. The van der Waals surface area contributed by atoms with Gasteiger partial charge < -0.3 is 9.84 Å². The van der Waals surface area contributed by atoms with E-state index in [2.05, 4.69) is 5.10 Å². The van der Waals surface area contributed by atoms with Crippen LogP contribution in [-0.4, -0.2) is 14.9 Å². The van der Waals surface area contributed by atoms with Gasteiger partial charge in [0, 0.05) is 18.8 Å². The number of aromatic nitrogens is 2. The quantitative estimate of drug-likeness (QED) is 0.904. The van der Waals surface area contributed by atoms with Gasteiger partial charge in [0.15, 0.2) is 0 Å².